The van der Waals surface area contributed by atoms with Gasteiger partial charge in [-0.25, -0.2) is 0 Å². The summed E-state index contributed by atoms with van der Waals surface area (Å²) in [5, 5.41) is 8.97. The molecule has 0 radical (unpaired) electrons. The Morgan fingerprint density at radius 2 is 1.80 bits per heavy atom. The summed E-state index contributed by atoms with van der Waals surface area (Å²) in [7, 11) is 1.79. The van der Waals surface area contributed by atoms with E-state index < -0.39 is 11.9 Å². The fraction of sp³-hybridized carbons (Fsp3) is 0.818. The maximum atomic E-state index is 12.0. The van der Waals surface area contributed by atoms with Gasteiger partial charge in [0.1, 0.15) is 0 Å². The number of carbonyl (C=O) groups excluding carboxylic acids is 1. The zero-order valence-electron chi connectivity index (χ0n) is 9.36. The molecule has 2 fully saturated rings. The van der Waals surface area contributed by atoms with E-state index in [1.807, 2.05) is 13.8 Å². The topological polar surface area (TPSA) is 57.6 Å². The lowest BCUT2D eigenvalue weighted by atomic mass is 10.1. The van der Waals surface area contributed by atoms with Crippen LogP contribution < -0.4 is 0 Å². The number of carbonyl (C=O) groups is 2. The maximum absolute atomic E-state index is 12.0. The summed E-state index contributed by atoms with van der Waals surface area (Å²) < 4.78 is 0. The van der Waals surface area contributed by atoms with E-state index in [2.05, 4.69) is 0 Å². The number of hydrogen-bond donors (Lipinski definition) is 1. The number of amides is 1. The second kappa shape index (κ2) is 2.97. The zero-order valence-corrected chi connectivity index (χ0v) is 9.36. The number of carboxylic acids is 1. The van der Waals surface area contributed by atoms with Crippen molar-refractivity contribution in [2.45, 2.75) is 32.7 Å². The van der Waals surface area contributed by atoms with Crippen molar-refractivity contribution >= 4 is 11.9 Å². The molecule has 84 valence electrons. The first-order valence-corrected chi connectivity index (χ1v) is 5.37. The predicted octanol–water partition coefficient (Wildman–Crippen LogP) is 0.964. The zero-order chi connectivity index (χ0) is 11.4. The monoisotopic (exact) mass is 211 g/mol. The first kappa shape index (κ1) is 10.5. The largest absolute Gasteiger partial charge is 0.481 e. The quantitative estimate of drug-likeness (QED) is 0.756. The molecule has 0 aromatic carbocycles. The van der Waals surface area contributed by atoms with Crippen LogP contribution in [0.5, 0.6) is 0 Å². The minimum atomic E-state index is -0.845. The molecule has 2 saturated carbocycles. The summed E-state index contributed by atoms with van der Waals surface area (Å²) in [5.41, 5.74) is -0.369. The van der Waals surface area contributed by atoms with Gasteiger partial charge < -0.3 is 10.0 Å². The van der Waals surface area contributed by atoms with Gasteiger partial charge >= 0.3 is 5.97 Å². The summed E-state index contributed by atoms with van der Waals surface area (Å²) in [4.78, 5) is 24.6. The van der Waals surface area contributed by atoms with Crippen LogP contribution in [0.4, 0.5) is 0 Å². The van der Waals surface area contributed by atoms with E-state index in [1.54, 1.807) is 11.9 Å². The van der Waals surface area contributed by atoms with Crippen molar-refractivity contribution in [1.29, 1.82) is 0 Å². The van der Waals surface area contributed by atoms with Crippen LogP contribution in [0.3, 0.4) is 0 Å². The Morgan fingerprint density at radius 3 is 2.13 bits per heavy atom. The predicted molar refractivity (Wildman–Crippen MR) is 54.2 cm³/mol. The maximum Gasteiger partial charge on any atom is 0.307 e. The van der Waals surface area contributed by atoms with Crippen LogP contribution in [0.15, 0.2) is 0 Å². The van der Waals surface area contributed by atoms with E-state index in [-0.39, 0.29) is 17.2 Å². The molecular weight excluding hydrogens is 194 g/mol. The van der Waals surface area contributed by atoms with E-state index in [4.69, 9.17) is 5.11 Å². The Kier molecular flexibility index (Phi) is 2.07. The van der Waals surface area contributed by atoms with Crippen LogP contribution in [0, 0.1) is 17.3 Å². The number of hydrogen-bond acceptors (Lipinski definition) is 2. The van der Waals surface area contributed by atoms with Crippen molar-refractivity contribution in [2.24, 2.45) is 17.3 Å². The molecule has 0 aromatic heterocycles. The Hall–Kier alpha value is -1.06. The Morgan fingerprint density at radius 1 is 1.27 bits per heavy atom. The highest BCUT2D eigenvalue weighted by Gasteiger charge is 2.66. The van der Waals surface area contributed by atoms with Crippen LogP contribution in [0.2, 0.25) is 0 Å². The molecule has 0 saturated heterocycles. The molecular formula is C11H17NO3. The van der Waals surface area contributed by atoms with Crippen molar-refractivity contribution in [1.82, 2.24) is 4.90 Å². The third kappa shape index (κ3) is 1.52. The molecule has 0 aliphatic heterocycles. The lowest BCUT2D eigenvalue weighted by Crippen LogP contribution is -2.31. The Balaban J connectivity index is 2.06. The second-order valence-corrected chi connectivity index (χ2v) is 5.30. The minimum Gasteiger partial charge on any atom is -0.481 e. The molecule has 15 heavy (non-hydrogen) atoms. The fourth-order valence-electron chi connectivity index (χ4n) is 2.42. The van der Waals surface area contributed by atoms with Gasteiger partial charge in [0.2, 0.25) is 5.91 Å². The van der Waals surface area contributed by atoms with Crippen molar-refractivity contribution in [3.05, 3.63) is 0 Å². The molecule has 4 heteroatoms. The first-order chi connectivity index (χ1) is 6.87. The average molecular weight is 211 g/mol. The lowest BCUT2D eigenvalue weighted by Gasteiger charge is -2.16. The van der Waals surface area contributed by atoms with Crippen LogP contribution in [-0.2, 0) is 9.59 Å². The molecule has 1 amide bonds. The molecule has 2 rings (SSSR count). The fourth-order valence-corrected chi connectivity index (χ4v) is 2.42. The van der Waals surface area contributed by atoms with Crippen LogP contribution in [0.25, 0.3) is 0 Å². The normalized spacial score (nSPS) is 32.2. The summed E-state index contributed by atoms with van der Waals surface area (Å²) in [5.74, 6) is -1.65. The highest BCUT2D eigenvalue weighted by molar-refractivity contribution is 5.91. The van der Waals surface area contributed by atoms with Crippen molar-refractivity contribution < 1.29 is 14.7 Å². The molecule has 4 nitrogen and oxygen atoms in total. The number of nitrogens with zero attached hydrogens (tertiary/aromatic N) is 1. The van der Waals surface area contributed by atoms with Gasteiger partial charge in [0.15, 0.2) is 0 Å². The van der Waals surface area contributed by atoms with Gasteiger partial charge in [-0.1, -0.05) is 13.8 Å². The molecule has 2 aliphatic carbocycles. The van der Waals surface area contributed by atoms with Gasteiger partial charge in [0, 0.05) is 13.1 Å². The van der Waals surface area contributed by atoms with Gasteiger partial charge in [-0.05, 0) is 18.3 Å². The van der Waals surface area contributed by atoms with E-state index in [0.29, 0.717) is 6.04 Å². The van der Waals surface area contributed by atoms with Gasteiger partial charge in [-0.3, -0.25) is 9.59 Å². The molecule has 0 spiro atoms. The average Bonchev–Trinajstić information content (AvgIpc) is 2.97. The first-order valence-electron chi connectivity index (χ1n) is 5.37. The third-order valence-corrected chi connectivity index (χ3v) is 3.80. The molecule has 2 unspecified atom stereocenters. The van der Waals surface area contributed by atoms with E-state index >= 15 is 0 Å². The van der Waals surface area contributed by atoms with Gasteiger partial charge in [0.25, 0.3) is 0 Å². The summed E-state index contributed by atoms with van der Waals surface area (Å²) in [6.07, 6.45) is 2.13. The third-order valence-electron chi connectivity index (χ3n) is 3.80. The lowest BCUT2D eigenvalue weighted by molar-refractivity contribution is -0.141. The number of rotatable bonds is 3. The molecule has 2 aliphatic rings. The smallest absolute Gasteiger partial charge is 0.307 e. The minimum absolute atomic E-state index is 0.00917. The molecule has 2 atom stereocenters. The van der Waals surface area contributed by atoms with Crippen molar-refractivity contribution in [3.8, 4) is 0 Å². The van der Waals surface area contributed by atoms with Crippen LogP contribution in [0.1, 0.15) is 26.7 Å². The second-order valence-electron chi connectivity index (χ2n) is 5.30. The van der Waals surface area contributed by atoms with E-state index in [0.717, 1.165) is 12.8 Å². The number of carboxylic acid groups (broad SMARTS) is 1. The molecule has 0 heterocycles. The molecule has 0 aromatic rings. The van der Waals surface area contributed by atoms with Gasteiger partial charge in [-0.2, -0.15) is 0 Å². The summed E-state index contributed by atoms with van der Waals surface area (Å²) in [6.45, 7) is 3.71. The number of aliphatic carboxylic acids is 1. The molecule has 1 N–H and O–H groups in total. The Labute approximate surface area is 89.3 Å². The molecule has 0 bridgehead atoms. The SMILES string of the molecule is CN(C(=O)C1C(C(=O)O)C1(C)C)C1CC1. The van der Waals surface area contributed by atoms with Crippen LogP contribution >= 0.6 is 0 Å². The van der Waals surface area contributed by atoms with Crippen LogP contribution in [-0.4, -0.2) is 35.0 Å². The summed E-state index contributed by atoms with van der Waals surface area (Å²) in [6, 6.07) is 0.364. The van der Waals surface area contributed by atoms with E-state index in [1.165, 1.54) is 0 Å². The Bertz CT molecular complexity index is 320. The highest BCUT2D eigenvalue weighted by atomic mass is 16.4. The van der Waals surface area contributed by atoms with Gasteiger partial charge in [-0.15, -0.1) is 0 Å². The highest BCUT2D eigenvalue weighted by Crippen LogP contribution is 2.59. The van der Waals surface area contributed by atoms with Crippen molar-refractivity contribution in [2.75, 3.05) is 7.05 Å². The van der Waals surface area contributed by atoms with Crippen molar-refractivity contribution in [3.63, 3.8) is 0 Å². The van der Waals surface area contributed by atoms with E-state index in [9.17, 15) is 9.59 Å². The summed E-state index contributed by atoms with van der Waals surface area (Å²) >= 11 is 0. The standard InChI is InChI=1S/C11H17NO3/c1-11(2)7(8(11)10(14)15)9(13)12(3)6-4-5-6/h6-8H,4-5H2,1-3H3,(H,14,15). The van der Waals surface area contributed by atoms with Gasteiger partial charge in [0.05, 0.1) is 11.8 Å².